The summed E-state index contributed by atoms with van der Waals surface area (Å²) in [4.78, 5) is 11.4. The monoisotopic (exact) mass is 309 g/mol. The van der Waals surface area contributed by atoms with Gasteiger partial charge in [-0.15, -0.1) is 11.3 Å². The lowest BCUT2D eigenvalue weighted by atomic mass is 10.3. The maximum absolute atomic E-state index is 4.73. The highest BCUT2D eigenvalue weighted by atomic mass is 32.1. The fraction of sp³-hybridized carbons (Fsp3) is 0.733. The van der Waals surface area contributed by atoms with Gasteiger partial charge in [-0.1, -0.05) is 13.3 Å². The molecule has 1 aliphatic heterocycles. The summed E-state index contributed by atoms with van der Waals surface area (Å²) in [5.74, 6) is 0.887. The van der Waals surface area contributed by atoms with Crippen LogP contribution in [0.25, 0.3) is 0 Å². The third kappa shape index (κ3) is 5.19. The van der Waals surface area contributed by atoms with E-state index >= 15 is 0 Å². The topological polar surface area (TPSA) is 52.6 Å². The van der Waals surface area contributed by atoms with Crippen LogP contribution in [0, 0.1) is 0 Å². The van der Waals surface area contributed by atoms with Gasteiger partial charge in [0, 0.05) is 45.0 Å². The van der Waals surface area contributed by atoms with Gasteiger partial charge >= 0.3 is 0 Å². The summed E-state index contributed by atoms with van der Waals surface area (Å²) in [6, 6.07) is 0. The van der Waals surface area contributed by atoms with Gasteiger partial charge in [0.25, 0.3) is 0 Å². The fourth-order valence-corrected chi connectivity index (χ4v) is 3.29. The first-order chi connectivity index (χ1) is 10.3. The molecule has 2 N–H and O–H groups in total. The molecule has 1 fully saturated rings. The molecule has 0 saturated carbocycles. The van der Waals surface area contributed by atoms with Gasteiger partial charge in [0.05, 0.1) is 5.69 Å². The molecule has 118 valence electrons. The van der Waals surface area contributed by atoms with Crippen molar-refractivity contribution in [2.45, 2.75) is 39.0 Å². The Morgan fingerprint density at radius 1 is 1.33 bits per heavy atom. The molecule has 0 bridgehead atoms. The minimum Gasteiger partial charge on any atom is -0.356 e. The molecule has 0 atom stereocenters. The van der Waals surface area contributed by atoms with Crippen molar-refractivity contribution in [3.8, 4) is 0 Å². The van der Waals surface area contributed by atoms with Crippen LogP contribution in [0.5, 0.6) is 0 Å². The minimum absolute atomic E-state index is 0.870. The molecule has 0 amide bonds. The van der Waals surface area contributed by atoms with Crippen LogP contribution in [-0.2, 0) is 6.42 Å². The number of nitrogens with zero attached hydrogens (tertiary/aromatic N) is 3. The number of hydrogen-bond donors (Lipinski definition) is 2. The summed E-state index contributed by atoms with van der Waals surface area (Å²) in [5, 5.41) is 10.0. The molecule has 5 nitrogen and oxygen atoms in total. The number of aliphatic imine (C=N–C) groups is 1. The predicted octanol–water partition coefficient (Wildman–Crippen LogP) is 2.25. The first-order valence-corrected chi connectivity index (χ1v) is 8.85. The van der Waals surface area contributed by atoms with E-state index in [9.17, 15) is 0 Å². The van der Waals surface area contributed by atoms with Gasteiger partial charge in [-0.25, -0.2) is 4.98 Å². The number of hydrogen-bond acceptors (Lipinski definition) is 4. The maximum atomic E-state index is 4.73. The Morgan fingerprint density at radius 3 is 2.81 bits per heavy atom. The van der Waals surface area contributed by atoms with E-state index in [2.05, 4.69) is 32.8 Å². The van der Waals surface area contributed by atoms with E-state index in [1.165, 1.54) is 49.6 Å². The standard InChI is InChI=1S/C15H27N5S/c1-3-4-8-17-14(16-2)18-9-7-13-12-21-15(19-13)20-10-5-6-11-20/h12H,3-11H2,1-2H3,(H2,16,17,18). The first-order valence-electron chi connectivity index (χ1n) is 7.97. The number of guanidine groups is 1. The van der Waals surface area contributed by atoms with Gasteiger partial charge in [-0.2, -0.15) is 0 Å². The van der Waals surface area contributed by atoms with Crippen molar-refractivity contribution in [3.05, 3.63) is 11.1 Å². The average molecular weight is 309 g/mol. The summed E-state index contributed by atoms with van der Waals surface area (Å²) in [5.41, 5.74) is 1.18. The van der Waals surface area contributed by atoms with E-state index in [-0.39, 0.29) is 0 Å². The third-order valence-electron chi connectivity index (χ3n) is 3.64. The minimum atomic E-state index is 0.870. The molecule has 0 radical (unpaired) electrons. The van der Waals surface area contributed by atoms with Crippen molar-refractivity contribution >= 4 is 22.4 Å². The smallest absolute Gasteiger partial charge is 0.190 e. The highest BCUT2D eigenvalue weighted by Gasteiger charge is 2.15. The van der Waals surface area contributed by atoms with E-state index in [1.54, 1.807) is 11.3 Å². The van der Waals surface area contributed by atoms with Crippen LogP contribution in [0.3, 0.4) is 0 Å². The van der Waals surface area contributed by atoms with E-state index in [1.807, 2.05) is 7.05 Å². The molecular weight excluding hydrogens is 282 g/mol. The predicted molar refractivity (Wildman–Crippen MR) is 91.5 cm³/mol. The lowest BCUT2D eigenvalue weighted by Crippen LogP contribution is -2.38. The van der Waals surface area contributed by atoms with Gasteiger partial charge in [0.2, 0.25) is 0 Å². The van der Waals surface area contributed by atoms with E-state index in [4.69, 9.17) is 4.98 Å². The molecule has 2 heterocycles. The number of aromatic nitrogens is 1. The van der Waals surface area contributed by atoms with Crippen molar-refractivity contribution in [2.24, 2.45) is 4.99 Å². The quantitative estimate of drug-likeness (QED) is 0.461. The van der Waals surface area contributed by atoms with Crippen LogP contribution in [0.2, 0.25) is 0 Å². The molecule has 0 aromatic carbocycles. The summed E-state index contributed by atoms with van der Waals surface area (Å²) >= 11 is 1.77. The van der Waals surface area contributed by atoms with Crippen LogP contribution in [-0.4, -0.2) is 44.2 Å². The van der Waals surface area contributed by atoms with Gasteiger partial charge in [-0.05, 0) is 19.3 Å². The number of anilines is 1. The van der Waals surface area contributed by atoms with E-state index in [0.29, 0.717) is 0 Å². The molecule has 21 heavy (non-hydrogen) atoms. The second kappa shape index (κ2) is 8.87. The second-order valence-corrected chi connectivity index (χ2v) is 6.18. The maximum Gasteiger partial charge on any atom is 0.190 e. The van der Waals surface area contributed by atoms with Gasteiger partial charge < -0.3 is 15.5 Å². The van der Waals surface area contributed by atoms with E-state index < -0.39 is 0 Å². The summed E-state index contributed by atoms with van der Waals surface area (Å²) in [6.45, 7) is 6.37. The number of unbranched alkanes of at least 4 members (excludes halogenated alkanes) is 1. The Morgan fingerprint density at radius 2 is 2.10 bits per heavy atom. The highest BCUT2D eigenvalue weighted by molar-refractivity contribution is 7.13. The van der Waals surface area contributed by atoms with Crippen LogP contribution in [0.4, 0.5) is 5.13 Å². The first kappa shape index (κ1) is 16.1. The zero-order valence-electron chi connectivity index (χ0n) is 13.2. The molecule has 2 rings (SSSR count). The Bertz CT molecular complexity index is 437. The van der Waals surface area contributed by atoms with Crippen molar-refractivity contribution in [1.29, 1.82) is 0 Å². The number of rotatable bonds is 7. The van der Waals surface area contributed by atoms with Gasteiger partial charge in [0.1, 0.15) is 0 Å². The molecule has 0 unspecified atom stereocenters. The normalized spacial score (nSPS) is 15.5. The van der Waals surface area contributed by atoms with Crippen LogP contribution in [0.15, 0.2) is 10.4 Å². The number of nitrogens with one attached hydrogen (secondary N) is 2. The molecular formula is C15H27N5S. The zero-order chi connectivity index (χ0) is 14.9. The number of thiazole rings is 1. The lowest BCUT2D eigenvalue weighted by molar-refractivity contribution is 0.725. The molecule has 6 heteroatoms. The molecule has 1 aromatic heterocycles. The summed E-state index contributed by atoms with van der Waals surface area (Å²) in [7, 11) is 1.82. The molecule has 1 aliphatic rings. The highest BCUT2D eigenvalue weighted by Crippen LogP contribution is 2.24. The molecule has 1 saturated heterocycles. The van der Waals surface area contributed by atoms with Crippen molar-refractivity contribution in [3.63, 3.8) is 0 Å². The Kier molecular flexibility index (Phi) is 6.79. The van der Waals surface area contributed by atoms with Crippen molar-refractivity contribution < 1.29 is 0 Å². The Balaban J connectivity index is 1.70. The van der Waals surface area contributed by atoms with E-state index in [0.717, 1.165) is 25.5 Å². The Hall–Kier alpha value is -1.30. The van der Waals surface area contributed by atoms with Crippen LogP contribution < -0.4 is 15.5 Å². The molecule has 0 aliphatic carbocycles. The van der Waals surface area contributed by atoms with Gasteiger partial charge in [0.15, 0.2) is 11.1 Å². The average Bonchev–Trinajstić information content (AvgIpc) is 3.16. The van der Waals surface area contributed by atoms with Crippen molar-refractivity contribution in [1.82, 2.24) is 15.6 Å². The largest absolute Gasteiger partial charge is 0.356 e. The third-order valence-corrected chi connectivity index (χ3v) is 4.59. The Labute approximate surface area is 131 Å². The molecule has 0 spiro atoms. The summed E-state index contributed by atoms with van der Waals surface area (Å²) in [6.07, 6.45) is 5.92. The van der Waals surface area contributed by atoms with Crippen LogP contribution >= 0.6 is 11.3 Å². The summed E-state index contributed by atoms with van der Waals surface area (Å²) < 4.78 is 0. The lowest BCUT2D eigenvalue weighted by Gasteiger charge is -2.12. The second-order valence-electron chi connectivity index (χ2n) is 5.34. The van der Waals surface area contributed by atoms with Crippen molar-refractivity contribution in [2.75, 3.05) is 38.1 Å². The van der Waals surface area contributed by atoms with Crippen LogP contribution in [0.1, 0.15) is 38.3 Å². The SMILES string of the molecule is CCCCNC(=NC)NCCc1csc(N2CCCC2)n1. The molecule has 1 aromatic rings. The fourth-order valence-electron chi connectivity index (χ4n) is 2.38. The zero-order valence-corrected chi connectivity index (χ0v) is 14.0. The van der Waals surface area contributed by atoms with Gasteiger partial charge in [-0.3, -0.25) is 4.99 Å².